The van der Waals surface area contributed by atoms with Gasteiger partial charge in [0.1, 0.15) is 0 Å². The molecule has 2 rings (SSSR count). The van der Waals surface area contributed by atoms with Gasteiger partial charge in [-0.25, -0.2) is 0 Å². The summed E-state index contributed by atoms with van der Waals surface area (Å²) in [5.74, 6) is 0. The fraction of sp³-hybridized carbons (Fsp3) is 0.643. The van der Waals surface area contributed by atoms with Crippen LogP contribution in [-0.4, -0.2) is 0 Å². The van der Waals surface area contributed by atoms with Crippen molar-refractivity contribution in [1.29, 1.82) is 0 Å². The summed E-state index contributed by atoms with van der Waals surface area (Å²) in [6, 6.07) is 0. The van der Waals surface area contributed by atoms with Crippen LogP contribution in [0.5, 0.6) is 0 Å². The zero-order chi connectivity index (χ0) is 10.3. The highest BCUT2D eigenvalue weighted by Crippen LogP contribution is 2.48. The summed E-state index contributed by atoms with van der Waals surface area (Å²) in [5, 5.41) is 0. The highest BCUT2D eigenvalue weighted by Gasteiger charge is 2.33. The number of hydrogen-bond donors (Lipinski definition) is 0. The van der Waals surface area contributed by atoms with E-state index in [1.165, 1.54) is 31.3 Å². The van der Waals surface area contributed by atoms with Gasteiger partial charge in [0, 0.05) is 11.8 Å². The van der Waals surface area contributed by atoms with E-state index in [9.17, 15) is 0 Å². The standard InChI is InChI=1S/C14H21/c1-10-9-12-7-5-6-8-13(12)14(3,4)11(10)2/h9H,5-8H2,1-4H3. The van der Waals surface area contributed by atoms with Gasteiger partial charge in [-0.15, -0.1) is 0 Å². The smallest absolute Gasteiger partial charge is 0.0113 e. The highest BCUT2D eigenvalue weighted by molar-refractivity contribution is 5.47. The minimum Gasteiger partial charge on any atom is -0.0654 e. The van der Waals surface area contributed by atoms with Crippen LogP contribution >= 0.6 is 0 Å². The van der Waals surface area contributed by atoms with Crippen LogP contribution in [0.4, 0.5) is 0 Å². The summed E-state index contributed by atoms with van der Waals surface area (Å²) in [4.78, 5) is 0. The molecule has 0 aliphatic heterocycles. The lowest BCUT2D eigenvalue weighted by atomic mass is 9.65. The molecule has 0 aromatic rings. The Morgan fingerprint density at radius 3 is 2.43 bits per heavy atom. The lowest BCUT2D eigenvalue weighted by Gasteiger charge is -2.39. The van der Waals surface area contributed by atoms with Crippen LogP contribution in [0.1, 0.15) is 53.4 Å². The van der Waals surface area contributed by atoms with Gasteiger partial charge < -0.3 is 0 Å². The second kappa shape index (κ2) is 3.25. The molecule has 0 heterocycles. The van der Waals surface area contributed by atoms with Gasteiger partial charge in [-0.05, 0) is 39.5 Å². The van der Waals surface area contributed by atoms with Crippen LogP contribution in [-0.2, 0) is 0 Å². The quantitative estimate of drug-likeness (QED) is 0.528. The number of hydrogen-bond acceptors (Lipinski definition) is 0. The molecule has 2 aliphatic carbocycles. The second-order valence-electron chi connectivity index (χ2n) is 5.29. The zero-order valence-corrected chi connectivity index (χ0v) is 9.91. The van der Waals surface area contributed by atoms with E-state index in [0.717, 1.165) is 0 Å². The molecule has 14 heavy (non-hydrogen) atoms. The first kappa shape index (κ1) is 10.0. The Morgan fingerprint density at radius 2 is 1.71 bits per heavy atom. The monoisotopic (exact) mass is 189 g/mol. The minimum atomic E-state index is 0.328. The van der Waals surface area contributed by atoms with Gasteiger partial charge in [0.15, 0.2) is 0 Å². The maximum absolute atomic E-state index is 2.43. The van der Waals surface area contributed by atoms with Crippen molar-refractivity contribution >= 4 is 0 Å². The predicted octanol–water partition coefficient (Wildman–Crippen LogP) is 4.44. The molecular formula is C14H21. The Bertz CT molecular complexity index is 313. The molecule has 0 N–H and O–H groups in total. The normalized spacial score (nSPS) is 26.6. The predicted molar refractivity (Wildman–Crippen MR) is 61.9 cm³/mol. The molecule has 2 aliphatic rings. The molecule has 0 unspecified atom stereocenters. The van der Waals surface area contributed by atoms with Gasteiger partial charge in [0.2, 0.25) is 0 Å². The molecule has 0 saturated heterocycles. The van der Waals surface area contributed by atoms with Gasteiger partial charge in [0.05, 0.1) is 0 Å². The van der Waals surface area contributed by atoms with Crippen molar-refractivity contribution in [2.45, 2.75) is 53.4 Å². The fourth-order valence-corrected chi connectivity index (χ4v) is 2.89. The second-order valence-corrected chi connectivity index (χ2v) is 5.29. The third-order valence-corrected chi connectivity index (χ3v) is 4.18. The molecular weight excluding hydrogens is 168 g/mol. The van der Waals surface area contributed by atoms with Crippen LogP contribution in [0.25, 0.3) is 0 Å². The summed E-state index contributed by atoms with van der Waals surface area (Å²) < 4.78 is 0. The van der Waals surface area contributed by atoms with Crippen molar-refractivity contribution in [1.82, 2.24) is 0 Å². The van der Waals surface area contributed by atoms with E-state index in [0.29, 0.717) is 5.41 Å². The maximum Gasteiger partial charge on any atom is 0.0113 e. The number of rotatable bonds is 0. The van der Waals surface area contributed by atoms with Gasteiger partial charge in [-0.1, -0.05) is 36.1 Å². The van der Waals surface area contributed by atoms with E-state index in [2.05, 4.69) is 34.1 Å². The van der Waals surface area contributed by atoms with Crippen LogP contribution in [0.2, 0.25) is 0 Å². The van der Waals surface area contributed by atoms with Crippen molar-refractivity contribution in [3.8, 4) is 0 Å². The average molecular weight is 189 g/mol. The van der Waals surface area contributed by atoms with Crippen LogP contribution in [0.3, 0.4) is 0 Å². The lowest BCUT2D eigenvalue weighted by molar-refractivity contribution is 0.465. The Kier molecular flexibility index (Phi) is 2.33. The van der Waals surface area contributed by atoms with E-state index < -0.39 is 0 Å². The molecule has 0 spiro atoms. The molecule has 0 heteroatoms. The molecule has 0 aromatic heterocycles. The first-order chi connectivity index (χ1) is 6.53. The molecule has 0 aromatic carbocycles. The van der Waals surface area contributed by atoms with Crippen LogP contribution in [0.15, 0.2) is 22.3 Å². The van der Waals surface area contributed by atoms with E-state index in [4.69, 9.17) is 0 Å². The molecule has 0 amide bonds. The topological polar surface area (TPSA) is 0 Å². The van der Waals surface area contributed by atoms with E-state index in [-0.39, 0.29) is 0 Å². The van der Waals surface area contributed by atoms with Crippen molar-refractivity contribution < 1.29 is 0 Å². The Labute approximate surface area is 88.1 Å². The maximum atomic E-state index is 2.43. The van der Waals surface area contributed by atoms with Gasteiger partial charge >= 0.3 is 0 Å². The molecule has 1 radical (unpaired) electrons. The molecule has 0 bridgehead atoms. The Balaban J connectivity index is 2.43. The van der Waals surface area contributed by atoms with Crippen molar-refractivity contribution in [3.05, 3.63) is 28.7 Å². The first-order valence-corrected chi connectivity index (χ1v) is 5.78. The first-order valence-electron chi connectivity index (χ1n) is 5.78. The third-order valence-electron chi connectivity index (χ3n) is 4.18. The molecule has 0 saturated carbocycles. The van der Waals surface area contributed by atoms with E-state index in [1.807, 2.05) is 0 Å². The average Bonchev–Trinajstić information content (AvgIpc) is 2.15. The molecule has 0 nitrogen and oxygen atoms in total. The molecule has 0 atom stereocenters. The van der Waals surface area contributed by atoms with Crippen molar-refractivity contribution in [2.75, 3.05) is 0 Å². The van der Waals surface area contributed by atoms with Gasteiger partial charge in [-0.3, -0.25) is 0 Å². The van der Waals surface area contributed by atoms with Gasteiger partial charge in [0.25, 0.3) is 0 Å². The molecule has 0 fully saturated rings. The minimum absolute atomic E-state index is 0.328. The zero-order valence-electron chi connectivity index (χ0n) is 9.91. The SMILES string of the molecule is CC1=C(C)C(C)(C)C2=C([CH]1)CCCC2. The summed E-state index contributed by atoms with van der Waals surface area (Å²) in [6.45, 7) is 9.33. The summed E-state index contributed by atoms with van der Waals surface area (Å²) in [7, 11) is 0. The van der Waals surface area contributed by atoms with E-state index >= 15 is 0 Å². The highest BCUT2D eigenvalue weighted by atomic mass is 14.4. The largest absolute Gasteiger partial charge is 0.0654 e. The Morgan fingerprint density at radius 1 is 1.07 bits per heavy atom. The summed E-state index contributed by atoms with van der Waals surface area (Å²) in [6.07, 6.45) is 7.84. The van der Waals surface area contributed by atoms with Crippen molar-refractivity contribution in [2.24, 2.45) is 5.41 Å². The van der Waals surface area contributed by atoms with Crippen LogP contribution in [0, 0.1) is 11.8 Å². The number of allylic oxidation sites excluding steroid dienone is 4. The van der Waals surface area contributed by atoms with Crippen LogP contribution < -0.4 is 0 Å². The Hall–Kier alpha value is -0.520. The molecule has 77 valence electrons. The fourth-order valence-electron chi connectivity index (χ4n) is 2.89. The van der Waals surface area contributed by atoms with Gasteiger partial charge in [-0.2, -0.15) is 0 Å². The third kappa shape index (κ3) is 1.36. The van der Waals surface area contributed by atoms with E-state index in [1.54, 1.807) is 16.7 Å². The van der Waals surface area contributed by atoms with Crippen molar-refractivity contribution in [3.63, 3.8) is 0 Å². The summed E-state index contributed by atoms with van der Waals surface area (Å²) >= 11 is 0. The lowest BCUT2D eigenvalue weighted by Crippen LogP contribution is -2.25. The summed E-state index contributed by atoms with van der Waals surface area (Å²) in [5.41, 5.74) is 6.75.